The molecular formula is C19H19N3O2S. The Morgan fingerprint density at radius 3 is 2.60 bits per heavy atom. The molecule has 2 aromatic carbocycles. The molecule has 1 heterocycles. The lowest BCUT2D eigenvalue weighted by Crippen LogP contribution is -2.24. The highest BCUT2D eigenvalue weighted by Gasteiger charge is 2.13. The number of nitrogens with zero attached hydrogens (tertiary/aromatic N) is 2. The molecule has 3 aromatic rings. The van der Waals surface area contributed by atoms with Crippen LogP contribution in [-0.2, 0) is 4.79 Å². The van der Waals surface area contributed by atoms with Crippen LogP contribution < -0.4 is 10.9 Å². The average molecular weight is 353 g/mol. The Labute approximate surface area is 150 Å². The third-order valence-corrected chi connectivity index (χ3v) is 4.68. The molecule has 128 valence electrons. The van der Waals surface area contributed by atoms with Crippen LogP contribution in [0.15, 0.2) is 58.5 Å². The Morgan fingerprint density at radius 2 is 1.88 bits per heavy atom. The lowest BCUT2D eigenvalue weighted by atomic mass is 10.2. The van der Waals surface area contributed by atoms with E-state index in [1.54, 1.807) is 10.6 Å². The van der Waals surface area contributed by atoms with Gasteiger partial charge in [0, 0.05) is 19.2 Å². The summed E-state index contributed by atoms with van der Waals surface area (Å²) in [5.74, 6) is 0.568. The first-order valence-electron chi connectivity index (χ1n) is 8.02. The predicted molar refractivity (Wildman–Crippen MR) is 101 cm³/mol. The van der Waals surface area contributed by atoms with E-state index in [1.165, 1.54) is 18.7 Å². The van der Waals surface area contributed by atoms with Gasteiger partial charge in [-0.25, -0.2) is 4.98 Å². The van der Waals surface area contributed by atoms with E-state index in [4.69, 9.17) is 0 Å². The molecule has 5 nitrogen and oxygen atoms in total. The summed E-state index contributed by atoms with van der Waals surface area (Å²) in [4.78, 5) is 28.7. The summed E-state index contributed by atoms with van der Waals surface area (Å²) in [5, 5.41) is 3.97. The van der Waals surface area contributed by atoms with E-state index in [-0.39, 0.29) is 11.5 Å². The van der Waals surface area contributed by atoms with E-state index >= 15 is 0 Å². The summed E-state index contributed by atoms with van der Waals surface area (Å²) in [6.45, 7) is 4.02. The topological polar surface area (TPSA) is 64.0 Å². The van der Waals surface area contributed by atoms with Crippen LogP contribution in [0.5, 0.6) is 0 Å². The van der Waals surface area contributed by atoms with Crippen molar-refractivity contribution >= 4 is 28.6 Å². The molecule has 25 heavy (non-hydrogen) atoms. The molecule has 0 radical (unpaired) electrons. The van der Waals surface area contributed by atoms with E-state index in [9.17, 15) is 9.59 Å². The Balaban J connectivity index is 2.06. The van der Waals surface area contributed by atoms with Gasteiger partial charge in [-0.1, -0.05) is 41.6 Å². The maximum absolute atomic E-state index is 13.0. The zero-order valence-electron chi connectivity index (χ0n) is 14.2. The van der Waals surface area contributed by atoms with Crippen LogP contribution in [0.2, 0.25) is 0 Å². The molecular weight excluding hydrogens is 334 g/mol. The van der Waals surface area contributed by atoms with Crippen molar-refractivity contribution in [1.82, 2.24) is 14.9 Å². The highest BCUT2D eigenvalue weighted by molar-refractivity contribution is 7.99. The third-order valence-electron chi connectivity index (χ3n) is 3.74. The van der Waals surface area contributed by atoms with E-state index in [2.05, 4.69) is 10.3 Å². The number of hydrogen-bond acceptors (Lipinski definition) is 4. The van der Waals surface area contributed by atoms with Crippen LogP contribution in [0.25, 0.3) is 16.6 Å². The molecule has 0 unspecified atom stereocenters. The maximum atomic E-state index is 13.0. The van der Waals surface area contributed by atoms with Crippen molar-refractivity contribution in [3.63, 3.8) is 0 Å². The number of nitrogens with one attached hydrogen (secondary N) is 1. The number of fused-ring (bicyclic) bond motifs is 1. The van der Waals surface area contributed by atoms with Gasteiger partial charge in [-0.15, -0.1) is 0 Å². The second kappa shape index (κ2) is 7.53. The summed E-state index contributed by atoms with van der Waals surface area (Å²) < 4.78 is 1.64. The maximum Gasteiger partial charge on any atom is 0.266 e. The molecule has 0 aliphatic carbocycles. The lowest BCUT2D eigenvalue weighted by molar-refractivity contribution is -0.118. The van der Waals surface area contributed by atoms with Crippen molar-refractivity contribution in [2.24, 2.45) is 0 Å². The predicted octanol–water partition coefficient (Wildman–Crippen LogP) is 2.92. The molecule has 1 N–H and O–H groups in total. The van der Waals surface area contributed by atoms with Gasteiger partial charge < -0.3 is 5.32 Å². The molecule has 0 aliphatic heterocycles. The van der Waals surface area contributed by atoms with Gasteiger partial charge in [0.15, 0.2) is 5.16 Å². The highest BCUT2D eigenvalue weighted by atomic mass is 32.2. The quantitative estimate of drug-likeness (QED) is 0.435. The molecule has 0 fully saturated rings. The number of aryl methyl sites for hydroxylation is 1. The number of benzene rings is 2. The van der Waals surface area contributed by atoms with E-state index in [0.29, 0.717) is 28.4 Å². The normalized spacial score (nSPS) is 10.8. The fourth-order valence-electron chi connectivity index (χ4n) is 2.50. The SMILES string of the molecule is CC(=O)NCCSc1nc2ccccc2c(=O)n1-c1ccc(C)cc1. The summed E-state index contributed by atoms with van der Waals surface area (Å²) in [6.07, 6.45) is 0. The van der Waals surface area contributed by atoms with Crippen molar-refractivity contribution in [1.29, 1.82) is 0 Å². The van der Waals surface area contributed by atoms with E-state index in [1.807, 2.05) is 49.4 Å². The van der Waals surface area contributed by atoms with Gasteiger partial charge in [0.25, 0.3) is 5.56 Å². The second-order valence-corrected chi connectivity index (χ2v) is 6.78. The van der Waals surface area contributed by atoms with Gasteiger partial charge in [-0.2, -0.15) is 0 Å². The first kappa shape index (κ1) is 17.2. The summed E-state index contributed by atoms with van der Waals surface area (Å²) >= 11 is 1.45. The monoisotopic (exact) mass is 353 g/mol. The first-order chi connectivity index (χ1) is 12.1. The van der Waals surface area contributed by atoms with Gasteiger partial charge in [0.2, 0.25) is 5.91 Å². The van der Waals surface area contributed by atoms with Gasteiger partial charge in [0.1, 0.15) is 0 Å². The van der Waals surface area contributed by atoms with Gasteiger partial charge >= 0.3 is 0 Å². The van der Waals surface area contributed by atoms with Crippen molar-refractivity contribution in [2.45, 2.75) is 19.0 Å². The smallest absolute Gasteiger partial charge is 0.266 e. The number of amides is 1. The number of hydrogen-bond donors (Lipinski definition) is 1. The molecule has 0 bridgehead atoms. The Bertz CT molecular complexity index is 965. The minimum absolute atomic E-state index is 0.0667. The Hall–Kier alpha value is -2.60. The van der Waals surface area contributed by atoms with Crippen molar-refractivity contribution in [2.75, 3.05) is 12.3 Å². The van der Waals surface area contributed by atoms with Crippen LogP contribution in [0.3, 0.4) is 0 Å². The number of para-hydroxylation sites is 1. The number of aromatic nitrogens is 2. The number of rotatable bonds is 5. The minimum atomic E-state index is -0.0866. The highest BCUT2D eigenvalue weighted by Crippen LogP contribution is 2.21. The molecule has 0 saturated carbocycles. The van der Waals surface area contributed by atoms with Gasteiger partial charge in [-0.05, 0) is 31.2 Å². The molecule has 1 amide bonds. The van der Waals surface area contributed by atoms with Crippen LogP contribution in [0, 0.1) is 6.92 Å². The number of carbonyl (C=O) groups is 1. The summed E-state index contributed by atoms with van der Waals surface area (Å²) in [6, 6.07) is 15.1. The molecule has 0 spiro atoms. The largest absolute Gasteiger partial charge is 0.356 e. The van der Waals surface area contributed by atoms with Crippen LogP contribution in [-0.4, -0.2) is 27.8 Å². The third kappa shape index (κ3) is 3.91. The van der Waals surface area contributed by atoms with E-state index in [0.717, 1.165) is 11.3 Å². The van der Waals surface area contributed by atoms with Crippen molar-refractivity contribution in [3.8, 4) is 5.69 Å². The summed E-state index contributed by atoms with van der Waals surface area (Å²) in [5.41, 5.74) is 2.51. The standard InChI is InChI=1S/C19H19N3O2S/c1-13-7-9-15(10-8-13)22-18(24)16-5-3-4-6-17(16)21-19(22)25-12-11-20-14(2)23/h3-10H,11-12H2,1-2H3,(H,20,23). The van der Waals surface area contributed by atoms with Crippen LogP contribution in [0.4, 0.5) is 0 Å². The molecule has 0 saturated heterocycles. The molecule has 0 aliphatic rings. The van der Waals surface area contributed by atoms with E-state index < -0.39 is 0 Å². The van der Waals surface area contributed by atoms with Crippen molar-refractivity contribution < 1.29 is 4.79 Å². The zero-order chi connectivity index (χ0) is 17.8. The summed E-state index contributed by atoms with van der Waals surface area (Å²) in [7, 11) is 0. The molecule has 6 heteroatoms. The van der Waals surface area contributed by atoms with Gasteiger partial charge in [0.05, 0.1) is 16.6 Å². The second-order valence-electron chi connectivity index (χ2n) is 5.72. The molecule has 0 atom stereocenters. The Kier molecular flexibility index (Phi) is 5.19. The van der Waals surface area contributed by atoms with Crippen LogP contribution >= 0.6 is 11.8 Å². The average Bonchev–Trinajstić information content (AvgIpc) is 2.60. The lowest BCUT2D eigenvalue weighted by Gasteiger charge is -2.13. The van der Waals surface area contributed by atoms with Crippen molar-refractivity contribution in [3.05, 3.63) is 64.4 Å². The fourth-order valence-corrected chi connectivity index (χ4v) is 3.37. The zero-order valence-corrected chi connectivity index (χ0v) is 15.0. The fraction of sp³-hybridized carbons (Fsp3) is 0.211. The first-order valence-corrected chi connectivity index (χ1v) is 9.01. The number of carbonyl (C=O) groups excluding carboxylic acids is 1. The Morgan fingerprint density at radius 1 is 1.16 bits per heavy atom. The van der Waals surface area contributed by atoms with Crippen LogP contribution in [0.1, 0.15) is 12.5 Å². The van der Waals surface area contributed by atoms with Gasteiger partial charge in [-0.3, -0.25) is 14.2 Å². The molecule has 3 rings (SSSR count). The minimum Gasteiger partial charge on any atom is -0.356 e. The molecule has 1 aromatic heterocycles. The number of thioether (sulfide) groups is 1.